The highest BCUT2D eigenvalue weighted by atomic mass is 35.5. The molecule has 94 valence electrons. The monoisotopic (exact) mass is 256 g/mol. The van der Waals surface area contributed by atoms with Crippen molar-refractivity contribution in [1.82, 2.24) is 5.43 Å². The first-order chi connectivity index (χ1) is 8.22. The van der Waals surface area contributed by atoms with Crippen LogP contribution in [0.5, 0.6) is 0 Å². The van der Waals surface area contributed by atoms with Crippen LogP contribution in [0.4, 0.5) is 4.39 Å². The normalized spacial score (nSPS) is 19.2. The molecule has 2 rings (SSSR count). The molecule has 0 saturated heterocycles. The summed E-state index contributed by atoms with van der Waals surface area (Å²) in [6.45, 7) is 0. The van der Waals surface area contributed by atoms with Crippen molar-refractivity contribution in [2.24, 2.45) is 11.8 Å². The van der Waals surface area contributed by atoms with Crippen LogP contribution in [0.2, 0.25) is 5.02 Å². The molecule has 1 atom stereocenters. The van der Waals surface area contributed by atoms with E-state index in [1.807, 2.05) is 0 Å². The van der Waals surface area contributed by atoms with Gasteiger partial charge in [0.15, 0.2) is 0 Å². The van der Waals surface area contributed by atoms with Crippen LogP contribution < -0.4 is 11.3 Å². The number of benzene rings is 1. The molecule has 0 spiro atoms. The molecule has 0 amide bonds. The highest BCUT2D eigenvalue weighted by Gasteiger charge is 2.24. The van der Waals surface area contributed by atoms with E-state index in [1.54, 1.807) is 12.1 Å². The Bertz CT molecular complexity index is 378. The first kappa shape index (κ1) is 12.8. The van der Waals surface area contributed by atoms with Crippen molar-refractivity contribution < 1.29 is 4.39 Å². The van der Waals surface area contributed by atoms with Crippen LogP contribution in [0, 0.1) is 11.7 Å². The maximum absolute atomic E-state index is 13.1. The van der Waals surface area contributed by atoms with Gasteiger partial charge in [0.05, 0.1) is 5.02 Å². The molecule has 3 N–H and O–H groups in total. The van der Waals surface area contributed by atoms with Gasteiger partial charge in [0.1, 0.15) is 5.82 Å². The molecule has 1 aliphatic rings. The summed E-state index contributed by atoms with van der Waals surface area (Å²) >= 11 is 5.81. The van der Waals surface area contributed by atoms with E-state index in [-0.39, 0.29) is 16.9 Å². The lowest BCUT2D eigenvalue weighted by molar-refractivity contribution is 0.273. The highest BCUT2D eigenvalue weighted by Crippen LogP contribution is 2.34. The van der Waals surface area contributed by atoms with Gasteiger partial charge >= 0.3 is 0 Å². The molecule has 0 aliphatic heterocycles. The second kappa shape index (κ2) is 5.80. The maximum atomic E-state index is 13.1. The molecule has 1 aliphatic carbocycles. The molecule has 1 aromatic carbocycles. The van der Waals surface area contributed by atoms with E-state index in [0.29, 0.717) is 5.92 Å². The summed E-state index contributed by atoms with van der Waals surface area (Å²) < 4.78 is 13.1. The summed E-state index contributed by atoms with van der Waals surface area (Å²) in [6.07, 6.45) is 6.14. The zero-order chi connectivity index (χ0) is 12.3. The highest BCUT2D eigenvalue weighted by molar-refractivity contribution is 6.30. The number of nitrogens with two attached hydrogens (primary N) is 1. The van der Waals surface area contributed by atoms with Crippen LogP contribution in [-0.2, 0) is 0 Å². The minimum absolute atomic E-state index is 0.0772. The first-order valence-corrected chi connectivity index (χ1v) is 6.51. The number of hydrogen-bond acceptors (Lipinski definition) is 2. The largest absolute Gasteiger partial charge is 0.271 e. The van der Waals surface area contributed by atoms with Crippen LogP contribution in [0.1, 0.15) is 43.7 Å². The second-order valence-corrected chi connectivity index (χ2v) is 5.12. The number of nitrogens with one attached hydrogen (secondary N) is 1. The quantitative estimate of drug-likeness (QED) is 0.641. The van der Waals surface area contributed by atoms with Gasteiger partial charge in [0.25, 0.3) is 0 Å². The smallest absolute Gasteiger partial charge is 0.141 e. The Kier molecular flexibility index (Phi) is 4.37. The topological polar surface area (TPSA) is 38.0 Å². The van der Waals surface area contributed by atoms with Crippen LogP contribution in [0.3, 0.4) is 0 Å². The minimum Gasteiger partial charge on any atom is -0.271 e. The van der Waals surface area contributed by atoms with Gasteiger partial charge in [0.2, 0.25) is 0 Å². The fraction of sp³-hybridized carbons (Fsp3) is 0.538. The van der Waals surface area contributed by atoms with Crippen LogP contribution in [0.25, 0.3) is 0 Å². The Balaban J connectivity index is 2.18. The molecule has 1 aromatic rings. The standard InChI is InChI=1S/C13H18ClFN2/c14-11-8-10(6-7-12(11)15)13(17-16)9-4-2-1-3-5-9/h6-9,13,17H,1-5,16H2. The molecule has 0 aromatic heterocycles. The summed E-state index contributed by atoms with van der Waals surface area (Å²) in [6, 6.07) is 4.93. The number of rotatable bonds is 3. The summed E-state index contributed by atoms with van der Waals surface area (Å²) in [5.41, 5.74) is 3.83. The van der Waals surface area contributed by atoms with Crippen molar-refractivity contribution in [2.45, 2.75) is 38.1 Å². The van der Waals surface area contributed by atoms with Gasteiger partial charge in [-0.3, -0.25) is 11.3 Å². The third-order valence-corrected chi connectivity index (χ3v) is 3.89. The number of hydrazine groups is 1. The van der Waals surface area contributed by atoms with E-state index in [0.717, 1.165) is 5.56 Å². The van der Waals surface area contributed by atoms with E-state index >= 15 is 0 Å². The van der Waals surface area contributed by atoms with Crippen molar-refractivity contribution in [3.05, 3.63) is 34.6 Å². The van der Waals surface area contributed by atoms with E-state index < -0.39 is 0 Å². The lowest BCUT2D eigenvalue weighted by Crippen LogP contribution is -2.34. The molecule has 1 fully saturated rings. The average molecular weight is 257 g/mol. The van der Waals surface area contributed by atoms with Crippen molar-refractivity contribution in [1.29, 1.82) is 0 Å². The predicted octanol–water partition coefficient (Wildman–Crippen LogP) is 3.56. The van der Waals surface area contributed by atoms with Crippen molar-refractivity contribution in [3.8, 4) is 0 Å². The van der Waals surface area contributed by atoms with E-state index in [2.05, 4.69) is 5.43 Å². The lowest BCUT2D eigenvalue weighted by Gasteiger charge is -2.30. The van der Waals surface area contributed by atoms with Gasteiger partial charge in [-0.1, -0.05) is 36.9 Å². The van der Waals surface area contributed by atoms with Gasteiger partial charge < -0.3 is 0 Å². The van der Waals surface area contributed by atoms with Gasteiger partial charge in [-0.25, -0.2) is 4.39 Å². The minimum atomic E-state index is -0.380. The summed E-state index contributed by atoms with van der Waals surface area (Å²) in [7, 11) is 0. The van der Waals surface area contributed by atoms with Crippen LogP contribution >= 0.6 is 11.6 Å². The van der Waals surface area contributed by atoms with E-state index in [1.165, 1.54) is 38.2 Å². The Hall–Kier alpha value is -0.640. The molecule has 1 saturated carbocycles. The maximum Gasteiger partial charge on any atom is 0.141 e. The van der Waals surface area contributed by atoms with Crippen LogP contribution in [0.15, 0.2) is 18.2 Å². The third kappa shape index (κ3) is 2.97. The summed E-state index contributed by atoms with van der Waals surface area (Å²) in [5.74, 6) is 5.78. The average Bonchev–Trinajstić information content (AvgIpc) is 2.36. The Morgan fingerprint density at radius 1 is 1.29 bits per heavy atom. The molecule has 0 heterocycles. The molecule has 4 heteroatoms. The third-order valence-electron chi connectivity index (χ3n) is 3.60. The molecular weight excluding hydrogens is 239 g/mol. The molecule has 2 nitrogen and oxygen atoms in total. The Labute approximate surface area is 106 Å². The van der Waals surface area contributed by atoms with Crippen molar-refractivity contribution in [2.75, 3.05) is 0 Å². The van der Waals surface area contributed by atoms with E-state index in [9.17, 15) is 4.39 Å². The van der Waals surface area contributed by atoms with Gasteiger partial charge in [-0.2, -0.15) is 0 Å². The lowest BCUT2D eigenvalue weighted by atomic mass is 9.81. The number of halogens is 2. The zero-order valence-corrected chi connectivity index (χ0v) is 10.5. The van der Waals surface area contributed by atoms with Crippen LogP contribution in [-0.4, -0.2) is 0 Å². The van der Waals surface area contributed by atoms with Gasteiger partial charge in [0, 0.05) is 6.04 Å². The van der Waals surface area contributed by atoms with Gasteiger partial charge in [-0.15, -0.1) is 0 Å². The Morgan fingerprint density at radius 3 is 2.59 bits per heavy atom. The van der Waals surface area contributed by atoms with E-state index in [4.69, 9.17) is 17.4 Å². The SMILES string of the molecule is NNC(c1ccc(F)c(Cl)c1)C1CCCCC1. The summed E-state index contributed by atoms with van der Waals surface area (Å²) in [5, 5.41) is 0.165. The fourth-order valence-electron chi connectivity index (χ4n) is 2.68. The predicted molar refractivity (Wildman–Crippen MR) is 68.0 cm³/mol. The Morgan fingerprint density at radius 2 is 2.00 bits per heavy atom. The van der Waals surface area contributed by atoms with Gasteiger partial charge in [-0.05, 0) is 36.5 Å². The second-order valence-electron chi connectivity index (χ2n) is 4.72. The molecule has 0 radical (unpaired) electrons. The number of hydrogen-bond donors (Lipinski definition) is 2. The zero-order valence-electron chi connectivity index (χ0n) is 9.76. The molecular formula is C13H18ClFN2. The summed E-state index contributed by atoms with van der Waals surface area (Å²) in [4.78, 5) is 0. The van der Waals surface area contributed by atoms with Crippen molar-refractivity contribution >= 4 is 11.6 Å². The van der Waals surface area contributed by atoms with Crippen molar-refractivity contribution in [3.63, 3.8) is 0 Å². The molecule has 0 bridgehead atoms. The fourth-order valence-corrected chi connectivity index (χ4v) is 2.87. The molecule has 1 unspecified atom stereocenters. The first-order valence-electron chi connectivity index (χ1n) is 6.13. The molecule has 17 heavy (non-hydrogen) atoms.